The van der Waals surface area contributed by atoms with Gasteiger partial charge in [-0.25, -0.2) is 0 Å². The second-order valence-electron chi connectivity index (χ2n) is 15.0. The van der Waals surface area contributed by atoms with Gasteiger partial charge < -0.3 is 9.80 Å². The van der Waals surface area contributed by atoms with Gasteiger partial charge in [-0.2, -0.15) is 0 Å². The third-order valence-corrected chi connectivity index (χ3v) is 15.2. The van der Waals surface area contributed by atoms with E-state index < -0.39 is 8.07 Å². The van der Waals surface area contributed by atoms with Gasteiger partial charge in [0.2, 0.25) is 0 Å². The summed E-state index contributed by atoms with van der Waals surface area (Å²) < 4.78 is 0. The zero-order valence-electron chi connectivity index (χ0n) is 30.0. The number of benzene rings is 7. The molecule has 1 aliphatic carbocycles. The summed E-state index contributed by atoms with van der Waals surface area (Å²) in [5.41, 5.74) is 12.7. The van der Waals surface area contributed by atoms with Crippen LogP contribution in [0.3, 0.4) is 0 Å². The van der Waals surface area contributed by atoms with Gasteiger partial charge in [-0.05, 0) is 118 Å². The minimum absolute atomic E-state index is 0.00787. The summed E-state index contributed by atoms with van der Waals surface area (Å²) in [6, 6.07) is 67.3. The van der Waals surface area contributed by atoms with Crippen molar-refractivity contribution in [1.29, 1.82) is 0 Å². The molecule has 9 rings (SSSR count). The predicted molar refractivity (Wildman–Crippen MR) is 224 cm³/mol. The number of anilines is 6. The molecule has 0 radical (unpaired) electrons. The summed E-state index contributed by atoms with van der Waals surface area (Å²) in [4.78, 5) is 4.79. The highest BCUT2D eigenvalue weighted by molar-refractivity contribution is 7.03. The summed E-state index contributed by atoms with van der Waals surface area (Å²) in [7, 11) is -1.81. The zero-order chi connectivity index (χ0) is 35.1. The molecule has 1 heterocycles. The third-order valence-electron chi connectivity index (χ3n) is 11.7. The van der Waals surface area contributed by atoms with E-state index in [1.165, 1.54) is 75.9 Å². The molecule has 52 heavy (non-hydrogen) atoms. The van der Waals surface area contributed by atoms with Crippen molar-refractivity contribution in [2.75, 3.05) is 9.80 Å². The largest absolute Gasteiger partial charge is 0.311 e. The molecule has 0 amide bonds. The highest BCUT2D eigenvalue weighted by Crippen LogP contribution is 2.48. The number of nitrogens with zero attached hydrogens (tertiary/aromatic N) is 2. The SMILES string of the molecule is C[Si]1(C)c2ccccc2-c2ccc(N(c3ccccc3)c3ccc(C4(c5ccc(N(c6ccccc6)c6ccccc6)cc5)CCCC4)cc3)cc21. The van der Waals surface area contributed by atoms with Crippen LogP contribution in [0.2, 0.25) is 13.1 Å². The number of fused-ring (bicyclic) bond motifs is 3. The Kier molecular flexibility index (Phi) is 8.17. The lowest BCUT2D eigenvalue weighted by Gasteiger charge is -2.33. The van der Waals surface area contributed by atoms with Gasteiger partial charge in [-0.15, -0.1) is 0 Å². The van der Waals surface area contributed by atoms with Gasteiger partial charge in [0, 0.05) is 39.5 Å². The van der Waals surface area contributed by atoms with Gasteiger partial charge in [-0.1, -0.05) is 135 Å². The Balaban J connectivity index is 1.07. The molecule has 0 bridgehead atoms. The summed E-state index contributed by atoms with van der Waals surface area (Å²) >= 11 is 0. The Hall–Kier alpha value is -5.64. The van der Waals surface area contributed by atoms with Crippen LogP contribution in [-0.4, -0.2) is 8.07 Å². The Morgan fingerprint density at radius 3 is 1.27 bits per heavy atom. The normalized spacial score (nSPS) is 15.1. The summed E-state index contributed by atoms with van der Waals surface area (Å²) in [6.07, 6.45) is 4.83. The number of para-hydroxylation sites is 3. The van der Waals surface area contributed by atoms with Crippen LogP contribution in [0.1, 0.15) is 36.8 Å². The lowest BCUT2D eigenvalue weighted by Crippen LogP contribution is -2.49. The Labute approximate surface area is 309 Å². The van der Waals surface area contributed by atoms with Crippen molar-refractivity contribution < 1.29 is 0 Å². The fourth-order valence-electron chi connectivity index (χ4n) is 9.04. The molecule has 254 valence electrons. The smallest absolute Gasteiger partial charge is 0.113 e. The average Bonchev–Trinajstić information content (AvgIpc) is 3.79. The molecular formula is C49H44N2Si. The fraction of sp³-hybridized carbons (Fsp3) is 0.143. The molecule has 0 aromatic heterocycles. The standard InChI is InChI=1S/C49H44N2Si/c1-52(2)47-23-13-12-22-45(47)46-33-32-44(36-48(46)52)51(41-20-10-5-11-21-41)43-30-26-38(27-31-43)49(34-14-15-35-49)37-24-28-42(29-25-37)50(39-16-6-3-7-17-39)40-18-8-4-9-19-40/h3-13,16-33,36H,14-15,34-35H2,1-2H3. The zero-order valence-corrected chi connectivity index (χ0v) is 31.0. The fourth-order valence-corrected chi connectivity index (χ4v) is 12.1. The van der Waals surface area contributed by atoms with Gasteiger partial charge in [0.1, 0.15) is 8.07 Å². The molecule has 0 saturated heterocycles. The van der Waals surface area contributed by atoms with Gasteiger partial charge in [0.05, 0.1) is 0 Å². The molecule has 1 aliphatic heterocycles. The van der Waals surface area contributed by atoms with E-state index in [1.807, 2.05) is 0 Å². The van der Waals surface area contributed by atoms with Gasteiger partial charge in [-0.3, -0.25) is 0 Å². The maximum absolute atomic E-state index is 2.50. The van der Waals surface area contributed by atoms with Crippen LogP contribution in [0.4, 0.5) is 34.1 Å². The molecule has 7 aromatic rings. The van der Waals surface area contributed by atoms with Gasteiger partial charge in [0.25, 0.3) is 0 Å². The molecule has 0 atom stereocenters. The molecule has 0 N–H and O–H groups in total. The van der Waals surface area contributed by atoms with Crippen molar-refractivity contribution in [2.24, 2.45) is 0 Å². The van der Waals surface area contributed by atoms with E-state index in [9.17, 15) is 0 Å². The van der Waals surface area contributed by atoms with Crippen molar-refractivity contribution in [3.05, 3.63) is 193 Å². The monoisotopic (exact) mass is 688 g/mol. The van der Waals surface area contributed by atoms with E-state index >= 15 is 0 Å². The average molecular weight is 689 g/mol. The molecule has 0 spiro atoms. The Morgan fingerprint density at radius 2 is 0.769 bits per heavy atom. The van der Waals surface area contributed by atoms with E-state index in [4.69, 9.17) is 0 Å². The van der Waals surface area contributed by atoms with Crippen LogP contribution in [0.25, 0.3) is 11.1 Å². The number of rotatable bonds is 8. The van der Waals surface area contributed by atoms with Crippen LogP contribution in [0.15, 0.2) is 182 Å². The summed E-state index contributed by atoms with van der Waals surface area (Å²) in [5.74, 6) is 0. The minimum atomic E-state index is -1.81. The Morgan fingerprint density at radius 1 is 0.385 bits per heavy atom. The molecule has 2 aliphatic rings. The predicted octanol–water partition coefficient (Wildman–Crippen LogP) is 12.3. The van der Waals surface area contributed by atoms with Crippen molar-refractivity contribution in [3.63, 3.8) is 0 Å². The first kappa shape index (κ1) is 32.3. The molecule has 2 nitrogen and oxygen atoms in total. The van der Waals surface area contributed by atoms with Crippen molar-refractivity contribution in [1.82, 2.24) is 0 Å². The minimum Gasteiger partial charge on any atom is -0.311 e. The van der Waals surface area contributed by atoms with Crippen molar-refractivity contribution in [3.8, 4) is 11.1 Å². The quantitative estimate of drug-likeness (QED) is 0.147. The third kappa shape index (κ3) is 5.48. The number of hydrogen-bond acceptors (Lipinski definition) is 2. The maximum Gasteiger partial charge on any atom is 0.113 e. The van der Waals surface area contributed by atoms with E-state index in [0.29, 0.717) is 0 Å². The molecule has 1 saturated carbocycles. The highest BCUT2D eigenvalue weighted by atomic mass is 28.3. The first-order valence-electron chi connectivity index (χ1n) is 18.7. The van der Waals surface area contributed by atoms with Crippen LogP contribution >= 0.6 is 0 Å². The van der Waals surface area contributed by atoms with Gasteiger partial charge >= 0.3 is 0 Å². The first-order chi connectivity index (χ1) is 25.5. The van der Waals surface area contributed by atoms with Crippen LogP contribution in [0, 0.1) is 0 Å². The second-order valence-corrected chi connectivity index (χ2v) is 19.3. The van der Waals surface area contributed by atoms with E-state index in [0.717, 1.165) is 11.4 Å². The molecular weight excluding hydrogens is 645 g/mol. The highest BCUT2D eigenvalue weighted by Gasteiger charge is 2.39. The van der Waals surface area contributed by atoms with Crippen molar-refractivity contribution >= 4 is 52.6 Å². The second kappa shape index (κ2) is 13.2. The van der Waals surface area contributed by atoms with E-state index in [2.05, 4.69) is 205 Å². The van der Waals surface area contributed by atoms with Crippen LogP contribution < -0.4 is 20.2 Å². The van der Waals surface area contributed by atoms with Gasteiger partial charge in [0.15, 0.2) is 0 Å². The maximum atomic E-state index is 2.50. The Bertz CT molecular complexity index is 2270. The topological polar surface area (TPSA) is 6.48 Å². The lowest BCUT2D eigenvalue weighted by molar-refractivity contribution is 0.535. The van der Waals surface area contributed by atoms with Crippen molar-refractivity contribution in [2.45, 2.75) is 44.2 Å². The van der Waals surface area contributed by atoms with E-state index in [-0.39, 0.29) is 5.41 Å². The summed E-state index contributed by atoms with van der Waals surface area (Å²) in [5, 5.41) is 3.07. The first-order valence-corrected chi connectivity index (χ1v) is 21.7. The number of hydrogen-bond donors (Lipinski definition) is 0. The van der Waals surface area contributed by atoms with E-state index in [1.54, 1.807) is 5.19 Å². The molecule has 0 unspecified atom stereocenters. The molecule has 3 heteroatoms. The molecule has 7 aromatic carbocycles. The molecule has 1 fully saturated rings. The lowest BCUT2D eigenvalue weighted by atomic mass is 9.73. The van der Waals surface area contributed by atoms with Crippen LogP contribution in [0.5, 0.6) is 0 Å². The van der Waals surface area contributed by atoms with Crippen LogP contribution in [-0.2, 0) is 5.41 Å². The summed E-state index contributed by atoms with van der Waals surface area (Å²) in [6.45, 7) is 5.00.